The summed E-state index contributed by atoms with van der Waals surface area (Å²) in [6.07, 6.45) is 0.746. The molecule has 0 aliphatic heterocycles. The molecule has 1 heterocycles. The van der Waals surface area contributed by atoms with E-state index in [0.717, 1.165) is 34.5 Å². The van der Waals surface area contributed by atoms with Crippen molar-refractivity contribution in [3.8, 4) is 11.5 Å². The summed E-state index contributed by atoms with van der Waals surface area (Å²) in [6, 6.07) is 7.82. The van der Waals surface area contributed by atoms with Crippen molar-refractivity contribution in [2.45, 2.75) is 19.4 Å². The third kappa shape index (κ3) is 2.38. The number of methoxy groups -OCH3 is 2. The van der Waals surface area contributed by atoms with Crippen LogP contribution in [-0.4, -0.2) is 25.2 Å². The Morgan fingerprint density at radius 3 is 2.39 bits per heavy atom. The zero-order valence-corrected chi connectivity index (χ0v) is 10.9. The van der Waals surface area contributed by atoms with Gasteiger partial charge < -0.3 is 15.2 Å². The van der Waals surface area contributed by atoms with Gasteiger partial charge in [0.15, 0.2) is 0 Å². The molecule has 1 unspecified atom stereocenters. The number of nitrogens with two attached hydrogens (primary N) is 1. The predicted molar refractivity (Wildman–Crippen MR) is 72.2 cm³/mol. The van der Waals surface area contributed by atoms with Crippen molar-refractivity contribution in [3.63, 3.8) is 0 Å². The van der Waals surface area contributed by atoms with Gasteiger partial charge in [0, 0.05) is 23.5 Å². The fourth-order valence-corrected chi connectivity index (χ4v) is 1.99. The van der Waals surface area contributed by atoms with Gasteiger partial charge in [0.05, 0.1) is 14.2 Å². The number of hydrogen-bond acceptors (Lipinski definition) is 4. The van der Waals surface area contributed by atoms with Crippen LogP contribution in [0, 0.1) is 0 Å². The molecular formula is C14H18N2O2. The Morgan fingerprint density at radius 1 is 1.11 bits per heavy atom. The van der Waals surface area contributed by atoms with Crippen LogP contribution in [0.5, 0.6) is 11.5 Å². The first-order valence-corrected chi connectivity index (χ1v) is 5.92. The van der Waals surface area contributed by atoms with Gasteiger partial charge in [0.25, 0.3) is 0 Å². The number of ether oxygens (including phenoxy) is 2. The van der Waals surface area contributed by atoms with Crippen molar-refractivity contribution in [2.75, 3.05) is 14.2 Å². The Bertz CT molecular complexity index is 553. The van der Waals surface area contributed by atoms with Crippen LogP contribution in [0.25, 0.3) is 10.9 Å². The second-order valence-electron chi connectivity index (χ2n) is 4.35. The summed E-state index contributed by atoms with van der Waals surface area (Å²) in [5.74, 6) is 1.54. The van der Waals surface area contributed by atoms with E-state index in [0.29, 0.717) is 0 Å². The zero-order chi connectivity index (χ0) is 13.1. The van der Waals surface area contributed by atoms with Gasteiger partial charge in [-0.3, -0.25) is 0 Å². The van der Waals surface area contributed by atoms with Crippen LogP contribution in [-0.2, 0) is 6.42 Å². The standard InChI is InChI=1S/C14H18N2O2/c1-9(15)8-10-4-5-11-12(17-2)6-7-13(18-3)14(11)16-10/h4-7,9H,8,15H2,1-3H3. The molecule has 2 aromatic rings. The first-order chi connectivity index (χ1) is 8.65. The van der Waals surface area contributed by atoms with E-state index in [1.165, 1.54) is 0 Å². The molecule has 1 atom stereocenters. The number of nitrogens with zero attached hydrogens (tertiary/aromatic N) is 1. The highest BCUT2D eigenvalue weighted by atomic mass is 16.5. The minimum Gasteiger partial charge on any atom is -0.496 e. The monoisotopic (exact) mass is 246 g/mol. The molecule has 96 valence electrons. The molecule has 2 N–H and O–H groups in total. The van der Waals surface area contributed by atoms with Crippen molar-refractivity contribution in [3.05, 3.63) is 30.0 Å². The van der Waals surface area contributed by atoms with Crippen molar-refractivity contribution in [1.29, 1.82) is 0 Å². The Morgan fingerprint density at radius 2 is 1.78 bits per heavy atom. The number of fused-ring (bicyclic) bond motifs is 1. The van der Waals surface area contributed by atoms with Gasteiger partial charge in [-0.25, -0.2) is 4.98 Å². The molecule has 0 bridgehead atoms. The molecule has 1 aromatic heterocycles. The molecule has 0 spiro atoms. The minimum absolute atomic E-state index is 0.0894. The molecule has 4 nitrogen and oxygen atoms in total. The second kappa shape index (κ2) is 5.23. The summed E-state index contributed by atoms with van der Waals surface area (Å²) >= 11 is 0. The van der Waals surface area contributed by atoms with Crippen LogP contribution in [0.1, 0.15) is 12.6 Å². The number of rotatable bonds is 4. The number of benzene rings is 1. The number of hydrogen-bond donors (Lipinski definition) is 1. The average Bonchev–Trinajstić information content (AvgIpc) is 2.36. The van der Waals surface area contributed by atoms with E-state index in [1.807, 2.05) is 31.2 Å². The SMILES string of the molecule is COc1ccc(OC)c2nc(CC(C)N)ccc12. The van der Waals surface area contributed by atoms with Crippen molar-refractivity contribution in [2.24, 2.45) is 5.73 Å². The molecular weight excluding hydrogens is 228 g/mol. The lowest BCUT2D eigenvalue weighted by Gasteiger charge is -2.11. The van der Waals surface area contributed by atoms with E-state index in [2.05, 4.69) is 4.98 Å². The molecule has 0 saturated heterocycles. The third-order valence-electron chi connectivity index (χ3n) is 2.81. The van der Waals surface area contributed by atoms with Crippen LogP contribution in [0.3, 0.4) is 0 Å². The summed E-state index contributed by atoms with van der Waals surface area (Å²) in [5.41, 5.74) is 7.58. The summed E-state index contributed by atoms with van der Waals surface area (Å²) < 4.78 is 10.7. The van der Waals surface area contributed by atoms with E-state index in [9.17, 15) is 0 Å². The zero-order valence-electron chi connectivity index (χ0n) is 10.9. The average molecular weight is 246 g/mol. The van der Waals surface area contributed by atoms with Crippen LogP contribution >= 0.6 is 0 Å². The largest absolute Gasteiger partial charge is 0.496 e. The molecule has 4 heteroatoms. The molecule has 0 aliphatic carbocycles. The van der Waals surface area contributed by atoms with Crippen LogP contribution in [0.15, 0.2) is 24.3 Å². The van der Waals surface area contributed by atoms with Gasteiger partial charge in [-0.2, -0.15) is 0 Å². The van der Waals surface area contributed by atoms with E-state index in [-0.39, 0.29) is 6.04 Å². The smallest absolute Gasteiger partial charge is 0.145 e. The Labute approximate surface area is 107 Å². The van der Waals surface area contributed by atoms with Gasteiger partial charge in [-0.05, 0) is 31.2 Å². The lowest BCUT2D eigenvalue weighted by Crippen LogP contribution is -2.18. The summed E-state index contributed by atoms with van der Waals surface area (Å²) in [4.78, 5) is 4.61. The van der Waals surface area contributed by atoms with Gasteiger partial charge in [0.2, 0.25) is 0 Å². The molecule has 0 saturated carbocycles. The van der Waals surface area contributed by atoms with Crippen LogP contribution < -0.4 is 15.2 Å². The lowest BCUT2D eigenvalue weighted by atomic mass is 10.1. The molecule has 2 rings (SSSR count). The van der Waals surface area contributed by atoms with E-state index >= 15 is 0 Å². The molecule has 18 heavy (non-hydrogen) atoms. The van der Waals surface area contributed by atoms with Crippen molar-refractivity contribution < 1.29 is 9.47 Å². The Hall–Kier alpha value is -1.81. The van der Waals surface area contributed by atoms with Gasteiger partial charge in [0.1, 0.15) is 17.0 Å². The number of pyridine rings is 1. The highest BCUT2D eigenvalue weighted by Crippen LogP contribution is 2.31. The minimum atomic E-state index is 0.0894. The van der Waals surface area contributed by atoms with Gasteiger partial charge >= 0.3 is 0 Å². The maximum atomic E-state index is 5.80. The fraction of sp³-hybridized carbons (Fsp3) is 0.357. The first-order valence-electron chi connectivity index (χ1n) is 5.92. The van der Waals surface area contributed by atoms with E-state index < -0.39 is 0 Å². The van der Waals surface area contributed by atoms with Crippen LogP contribution in [0.4, 0.5) is 0 Å². The quantitative estimate of drug-likeness (QED) is 0.898. The van der Waals surface area contributed by atoms with E-state index in [4.69, 9.17) is 15.2 Å². The lowest BCUT2D eigenvalue weighted by molar-refractivity contribution is 0.409. The fourth-order valence-electron chi connectivity index (χ4n) is 1.99. The molecule has 0 radical (unpaired) electrons. The molecule has 1 aromatic carbocycles. The highest BCUT2D eigenvalue weighted by Gasteiger charge is 2.10. The van der Waals surface area contributed by atoms with Crippen LogP contribution in [0.2, 0.25) is 0 Å². The van der Waals surface area contributed by atoms with Crippen molar-refractivity contribution >= 4 is 10.9 Å². The third-order valence-corrected chi connectivity index (χ3v) is 2.81. The topological polar surface area (TPSA) is 57.4 Å². The van der Waals surface area contributed by atoms with Gasteiger partial charge in [-0.1, -0.05) is 0 Å². The Kier molecular flexibility index (Phi) is 3.67. The Balaban J connectivity index is 2.58. The predicted octanol–water partition coefficient (Wildman–Crippen LogP) is 2.14. The summed E-state index contributed by atoms with van der Waals surface area (Å²) in [5, 5.41) is 0.949. The molecule has 0 aliphatic rings. The molecule has 0 amide bonds. The highest BCUT2D eigenvalue weighted by molar-refractivity contribution is 5.90. The first kappa shape index (κ1) is 12.6. The normalized spacial score (nSPS) is 12.4. The summed E-state index contributed by atoms with van der Waals surface area (Å²) in [7, 11) is 3.29. The summed E-state index contributed by atoms with van der Waals surface area (Å²) in [6.45, 7) is 1.97. The maximum Gasteiger partial charge on any atom is 0.145 e. The van der Waals surface area contributed by atoms with Crippen molar-refractivity contribution in [1.82, 2.24) is 4.98 Å². The number of aromatic nitrogens is 1. The second-order valence-corrected chi connectivity index (χ2v) is 4.35. The maximum absolute atomic E-state index is 5.80. The van der Waals surface area contributed by atoms with Gasteiger partial charge in [-0.15, -0.1) is 0 Å². The van der Waals surface area contributed by atoms with E-state index in [1.54, 1.807) is 14.2 Å². The molecule has 0 fully saturated rings.